The number of hydrogen-bond donors (Lipinski definition) is 1. The molecule has 1 aliphatic heterocycles. The average molecular weight is 434 g/mol. The van der Waals surface area contributed by atoms with E-state index in [9.17, 15) is 14.7 Å². The van der Waals surface area contributed by atoms with E-state index in [0.29, 0.717) is 29.7 Å². The zero-order valence-electron chi connectivity index (χ0n) is 17.8. The molecule has 0 saturated carbocycles. The average Bonchev–Trinajstić information content (AvgIpc) is 2.81. The lowest BCUT2D eigenvalue weighted by molar-refractivity contribution is 0.0693. The SMILES string of the molecule is COCCCOc1cc2c(cc1Cl)-c1cc(=O)c(C(=O)O)cn1C(C(C)(C)C)CC2. The zero-order valence-corrected chi connectivity index (χ0v) is 18.6. The molecule has 2 aromatic rings. The number of aromatic carboxylic acids is 1. The van der Waals surface area contributed by atoms with E-state index in [1.54, 1.807) is 7.11 Å². The number of aromatic nitrogens is 1. The van der Waals surface area contributed by atoms with Crippen LogP contribution in [0.4, 0.5) is 0 Å². The maximum atomic E-state index is 12.5. The Morgan fingerprint density at radius 3 is 2.63 bits per heavy atom. The molecule has 0 amide bonds. The van der Waals surface area contributed by atoms with Crippen LogP contribution in [0, 0.1) is 5.41 Å². The topological polar surface area (TPSA) is 77.8 Å². The van der Waals surface area contributed by atoms with Crippen molar-refractivity contribution in [3.8, 4) is 17.0 Å². The molecule has 1 N–H and O–H groups in total. The van der Waals surface area contributed by atoms with Gasteiger partial charge in [-0.3, -0.25) is 4.79 Å². The van der Waals surface area contributed by atoms with Gasteiger partial charge in [0.2, 0.25) is 0 Å². The molecule has 0 fully saturated rings. The molecule has 30 heavy (non-hydrogen) atoms. The molecule has 1 atom stereocenters. The summed E-state index contributed by atoms with van der Waals surface area (Å²) in [4.78, 5) is 24.1. The van der Waals surface area contributed by atoms with Gasteiger partial charge >= 0.3 is 5.97 Å². The molecule has 162 valence electrons. The van der Waals surface area contributed by atoms with Crippen LogP contribution in [0.15, 0.2) is 29.2 Å². The van der Waals surface area contributed by atoms with Crippen LogP contribution in [0.25, 0.3) is 11.3 Å². The second-order valence-corrected chi connectivity index (χ2v) is 9.11. The van der Waals surface area contributed by atoms with Crippen LogP contribution in [-0.4, -0.2) is 36.0 Å². The summed E-state index contributed by atoms with van der Waals surface area (Å²) in [5.41, 5.74) is 1.69. The summed E-state index contributed by atoms with van der Waals surface area (Å²) >= 11 is 6.50. The molecular weight excluding hydrogens is 406 g/mol. The highest BCUT2D eigenvalue weighted by Gasteiger charge is 2.32. The van der Waals surface area contributed by atoms with Crippen molar-refractivity contribution < 1.29 is 19.4 Å². The van der Waals surface area contributed by atoms with Crippen LogP contribution in [0.5, 0.6) is 5.75 Å². The van der Waals surface area contributed by atoms with Crippen LogP contribution in [0.2, 0.25) is 5.02 Å². The highest BCUT2D eigenvalue weighted by atomic mass is 35.5. The Bertz CT molecular complexity index is 1010. The van der Waals surface area contributed by atoms with Gasteiger partial charge in [-0.1, -0.05) is 32.4 Å². The lowest BCUT2D eigenvalue weighted by atomic mass is 9.83. The van der Waals surface area contributed by atoms with Crippen LogP contribution in [0.1, 0.15) is 55.6 Å². The Morgan fingerprint density at radius 2 is 2.00 bits per heavy atom. The number of aryl methyl sites for hydroxylation is 1. The van der Waals surface area contributed by atoms with Gasteiger partial charge in [-0.25, -0.2) is 4.79 Å². The van der Waals surface area contributed by atoms with Gasteiger partial charge in [-0.05, 0) is 36.0 Å². The molecule has 0 aliphatic carbocycles. The highest BCUT2D eigenvalue weighted by Crippen LogP contribution is 2.43. The first-order chi connectivity index (χ1) is 14.1. The van der Waals surface area contributed by atoms with Gasteiger partial charge in [-0.2, -0.15) is 0 Å². The number of halogens is 1. The molecule has 3 rings (SSSR count). The van der Waals surface area contributed by atoms with E-state index >= 15 is 0 Å². The Labute approximate surface area is 181 Å². The number of hydrogen-bond acceptors (Lipinski definition) is 4. The van der Waals surface area contributed by atoms with E-state index in [2.05, 4.69) is 20.8 Å². The van der Waals surface area contributed by atoms with Crippen LogP contribution < -0.4 is 10.2 Å². The fourth-order valence-corrected chi connectivity index (χ4v) is 4.22. The zero-order chi connectivity index (χ0) is 22.1. The summed E-state index contributed by atoms with van der Waals surface area (Å²) in [7, 11) is 1.65. The molecule has 6 nitrogen and oxygen atoms in total. The first-order valence-electron chi connectivity index (χ1n) is 10.1. The van der Waals surface area contributed by atoms with Gasteiger partial charge in [0.05, 0.1) is 17.3 Å². The van der Waals surface area contributed by atoms with Gasteiger partial charge in [0.25, 0.3) is 0 Å². The first-order valence-corrected chi connectivity index (χ1v) is 10.4. The minimum absolute atomic E-state index is 0.0171. The molecular formula is C23H28ClNO5. The van der Waals surface area contributed by atoms with Crippen LogP contribution in [-0.2, 0) is 11.2 Å². The number of pyridine rings is 1. The number of benzene rings is 1. The summed E-state index contributed by atoms with van der Waals surface area (Å²) in [6.07, 6.45) is 3.80. The van der Waals surface area contributed by atoms with Gasteiger partial charge in [0.15, 0.2) is 5.43 Å². The molecule has 1 unspecified atom stereocenters. The normalized spacial score (nSPS) is 15.8. The Balaban J connectivity index is 2.13. The lowest BCUT2D eigenvalue weighted by Gasteiger charge is -2.33. The Kier molecular flexibility index (Phi) is 6.58. The number of methoxy groups -OCH3 is 1. The Hall–Kier alpha value is -2.31. The third-order valence-corrected chi connectivity index (χ3v) is 5.81. The van der Waals surface area contributed by atoms with Crippen molar-refractivity contribution >= 4 is 17.6 Å². The van der Waals surface area contributed by atoms with Crippen molar-refractivity contribution in [2.75, 3.05) is 20.3 Å². The van der Waals surface area contributed by atoms with E-state index in [-0.39, 0.29) is 17.0 Å². The maximum absolute atomic E-state index is 12.5. The summed E-state index contributed by atoms with van der Waals surface area (Å²) in [6.45, 7) is 7.46. The van der Waals surface area contributed by atoms with Crippen molar-refractivity contribution in [3.05, 3.63) is 50.8 Å². The van der Waals surface area contributed by atoms with Crippen molar-refractivity contribution in [1.82, 2.24) is 4.57 Å². The minimum Gasteiger partial charge on any atom is -0.492 e. The van der Waals surface area contributed by atoms with Crippen LogP contribution in [0.3, 0.4) is 0 Å². The molecule has 2 heterocycles. The van der Waals surface area contributed by atoms with Gasteiger partial charge < -0.3 is 19.1 Å². The number of ether oxygens (including phenoxy) is 2. The third-order valence-electron chi connectivity index (χ3n) is 5.52. The quantitative estimate of drug-likeness (QED) is 0.661. The van der Waals surface area contributed by atoms with Gasteiger partial charge in [0.1, 0.15) is 11.3 Å². The van der Waals surface area contributed by atoms with E-state index in [1.165, 1.54) is 12.3 Å². The predicted molar refractivity (Wildman–Crippen MR) is 117 cm³/mol. The largest absolute Gasteiger partial charge is 0.492 e. The van der Waals surface area contributed by atoms with Gasteiger partial charge in [0, 0.05) is 44.0 Å². The van der Waals surface area contributed by atoms with E-state index in [0.717, 1.165) is 30.4 Å². The second kappa shape index (κ2) is 8.82. The minimum atomic E-state index is -1.22. The number of nitrogens with zero attached hydrogens (tertiary/aromatic N) is 1. The Morgan fingerprint density at radius 1 is 1.27 bits per heavy atom. The molecule has 1 aromatic heterocycles. The monoisotopic (exact) mass is 433 g/mol. The molecule has 0 radical (unpaired) electrons. The van der Waals surface area contributed by atoms with Gasteiger partial charge in [-0.15, -0.1) is 0 Å². The summed E-state index contributed by atoms with van der Waals surface area (Å²) < 4.78 is 12.8. The molecule has 0 spiro atoms. The van der Waals surface area contributed by atoms with E-state index < -0.39 is 11.4 Å². The van der Waals surface area contributed by atoms with Crippen molar-refractivity contribution in [3.63, 3.8) is 0 Å². The second-order valence-electron chi connectivity index (χ2n) is 8.70. The number of carboxylic acid groups (broad SMARTS) is 1. The molecule has 0 saturated heterocycles. The fourth-order valence-electron chi connectivity index (χ4n) is 4.00. The summed E-state index contributed by atoms with van der Waals surface area (Å²) in [5, 5.41) is 9.92. The number of carbonyl (C=O) groups is 1. The molecule has 1 aliphatic rings. The molecule has 0 bridgehead atoms. The maximum Gasteiger partial charge on any atom is 0.341 e. The number of rotatable bonds is 6. The smallest absolute Gasteiger partial charge is 0.341 e. The number of fused-ring (bicyclic) bond motifs is 3. The van der Waals surface area contributed by atoms with Crippen molar-refractivity contribution in [2.45, 2.75) is 46.1 Å². The predicted octanol–water partition coefficient (Wildman–Crippen LogP) is 4.82. The van der Waals surface area contributed by atoms with Crippen molar-refractivity contribution in [1.29, 1.82) is 0 Å². The van der Waals surface area contributed by atoms with E-state index in [4.69, 9.17) is 21.1 Å². The lowest BCUT2D eigenvalue weighted by Crippen LogP contribution is -2.28. The van der Waals surface area contributed by atoms with Crippen LogP contribution >= 0.6 is 11.6 Å². The van der Waals surface area contributed by atoms with E-state index in [1.807, 2.05) is 16.7 Å². The summed E-state index contributed by atoms with van der Waals surface area (Å²) in [5.74, 6) is -0.609. The fraction of sp³-hybridized carbons (Fsp3) is 0.478. The van der Waals surface area contributed by atoms with Crippen molar-refractivity contribution in [2.24, 2.45) is 5.41 Å². The first kappa shape index (κ1) is 22.4. The number of carboxylic acids is 1. The molecule has 7 heteroatoms. The highest BCUT2D eigenvalue weighted by molar-refractivity contribution is 6.32. The molecule has 1 aromatic carbocycles. The standard InChI is InChI=1S/C23H28ClNO5/c1-23(2,3)21-7-6-14-10-20(30-9-5-8-29-4)17(24)11-15(14)18-12-19(26)16(22(27)28)13-25(18)21/h10-13,21H,5-9H2,1-4H3,(H,27,28). The summed E-state index contributed by atoms with van der Waals surface area (Å²) in [6, 6.07) is 5.19. The third kappa shape index (κ3) is 4.55.